The molecule has 19 heavy (non-hydrogen) atoms. The van der Waals surface area contributed by atoms with Crippen molar-refractivity contribution in [1.82, 2.24) is 9.97 Å². The fourth-order valence-corrected chi connectivity index (χ4v) is 1.59. The minimum Gasteiger partial charge on any atom is -0.481 e. The maximum absolute atomic E-state index is 10.5. The van der Waals surface area contributed by atoms with Crippen LogP contribution in [-0.2, 0) is 4.79 Å². The summed E-state index contributed by atoms with van der Waals surface area (Å²) in [5.74, 6) is 0.907. The van der Waals surface area contributed by atoms with Crippen LogP contribution in [0.15, 0.2) is 12.4 Å². The Hall–Kier alpha value is -1.85. The first-order valence-electron chi connectivity index (χ1n) is 6.39. The van der Waals surface area contributed by atoms with Crippen molar-refractivity contribution >= 4 is 17.6 Å². The molecule has 0 fully saturated rings. The first-order valence-corrected chi connectivity index (χ1v) is 6.39. The largest absolute Gasteiger partial charge is 0.481 e. The van der Waals surface area contributed by atoms with Crippen molar-refractivity contribution in [3.63, 3.8) is 0 Å². The topological polar surface area (TPSA) is 69.6 Å². The Balaban J connectivity index is 2.67. The Bertz CT molecular complexity index is 423. The van der Waals surface area contributed by atoms with E-state index >= 15 is 0 Å². The molecule has 0 radical (unpaired) electrons. The molecule has 0 unspecified atom stereocenters. The Morgan fingerprint density at radius 2 is 1.95 bits per heavy atom. The Morgan fingerprint density at radius 3 is 2.53 bits per heavy atom. The summed E-state index contributed by atoms with van der Waals surface area (Å²) in [6, 6.07) is 2.28. The standard InChI is InChI=1S/C13H22N4O2/c1-10(2)17(4)12-8-11(14-9-15-12)16(3)7-5-6-13(18)19/h8-10H,5-7H2,1-4H3,(H,18,19). The highest BCUT2D eigenvalue weighted by molar-refractivity contribution is 5.66. The van der Waals surface area contributed by atoms with Crippen LogP contribution in [0.3, 0.4) is 0 Å². The number of aromatic nitrogens is 2. The predicted octanol–water partition coefficient (Wildman–Crippen LogP) is 1.62. The van der Waals surface area contributed by atoms with Crippen LogP contribution in [0.2, 0.25) is 0 Å². The van der Waals surface area contributed by atoms with Gasteiger partial charge in [-0.1, -0.05) is 0 Å². The normalized spacial score (nSPS) is 10.6. The summed E-state index contributed by atoms with van der Waals surface area (Å²) in [7, 11) is 3.89. The van der Waals surface area contributed by atoms with Gasteiger partial charge in [-0.05, 0) is 20.3 Å². The van der Waals surface area contributed by atoms with Gasteiger partial charge in [-0.3, -0.25) is 4.79 Å². The number of hydrogen-bond donors (Lipinski definition) is 1. The molecule has 0 spiro atoms. The molecule has 1 N–H and O–H groups in total. The fourth-order valence-electron chi connectivity index (χ4n) is 1.59. The molecule has 0 bridgehead atoms. The third-order valence-corrected chi connectivity index (χ3v) is 3.05. The molecule has 106 valence electrons. The third-order valence-electron chi connectivity index (χ3n) is 3.05. The first kappa shape index (κ1) is 15.2. The van der Waals surface area contributed by atoms with Crippen LogP contribution in [0.5, 0.6) is 0 Å². The predicted molar refractivity (Wildman–Crippen MR) is 75.7 cm³/mol. The smallest absolute Gasteiger partial charge is 0.303 e. The van der Waals surface area contributed by atoms with Crippen molar-refractivity contribution < 1.29 is 9.90 Å². The van der Waals surface area contributed by atoms with Gasteiger partial charge in [-0.2, -0.15) is 0 Å². The van der Waals surface area contributed by atoms with Gasteiger partial charge in [0.1, 0.15) is 18.0 Å². The Kier molecular flexibility index (Phi) is 5.54. The lowest BCUT2D eigenvalue weighted by Gasteiger charge is -2.24. The molecule has 6 nitrogen and oxygen atoms in total. The van der Waals surface area contributed by atoms with Gasteiger partial charge in [-0.15, -0.1) is 0 Å². The second-order valence-electron chi connectivity index (χ2n) is 4.86. The van der Waals surface area contributed by atoms with Crippen LogP contribution in [0.1, 0.15) is 26.7 Å². The summed E-state index contributed by atoms with van der Waals surface area (Å²) in [5.41, 5.74) is 0. The van der Waals surface area contributed by atoms with E-state index in [0.717, 1.165) is 11.6 Å². The van der Waals surface area contributed by atoms with E-state index in [1.165, 1.54) is 6.33 Å². The molecule has 1 aromatic rings. The minimum atomic E-state index is -0.767. The molecule has 1 rings (SSSR count). The summed E-state index contributed by atoms with van der Waals surface area (Å²) >= 11 is 0. The lowest BCUT2D eigenvalue weighted by Crippen LogP contribution is -2.27. The monoisotopic (exact) mass is 266 g/mol. The van der Waals surface area contributed by atoms with Gasteiger partial charge in [0.15, 0.2) is 0 Å². The van der Waals surface area contributed by atoms with Crippen LogP contribution in [-0.4, -0.2) is 47.7 Å². The highest BCUT2D eigenvalue weighted by Crippen LogP contribution is 2.17. The quantitative estimate of drug-likeness (QED) is 0.808. The number of anilines is 2. The average molecular weight is 266 g/mol. The zero-order valence-electron chi connectivity index (χ0n) is 12.0. The van der Waals surface area contributed by atoms with Crippen molar-refractivity contribution in [2.24, 2.45) is 0 Å². The summed E-state index contributed by atoms with van der Waals surface area (Å²) in [6.45, 7) is 4.85. The highest BCUT2D eigenvalue weighted by Gasteiger charge is 2.10. The second kappa shape index (κ2) is 6.92. The van der Waals surface area contributed by atoms with Crippen molar-refractivity contribution in [3.8, 4) is 0 Å². The van der Waals surface area contributed by atoms with Gasteiger partial charge >= 0.3 is 5.97 Å². The number of aliphatic carboxylic acids is 1. The van der Waals surface area contributed by atoms with E-state index in [1.807, 2.05) is 25.1 Å². The van der Waals surface area contributed by atoms with Crippen LogP contribution in [0.25, 0.3) is 0 Å². The maximum Gasteiger partial charge on any atom is 0.303 e. The SMILES string of the molecule is CC(C)N(C)c1cc(N(C)CCCC(=O)O)ncn1. The van der Waals surface area contributed by atoms with Gasteiger partial charge in [0, 0.05) is 39.2 Å². The summed E-state index contributed by atoms with van der Waals surface area (Å²) in [5, 5.41) is 8.62. The molecule has 6 heteroatoms. The van der Waals surface area contributed by atoms with Gasteiger partial charge in [0.2, 0.25) is 0 Å². The van der Waals surface area contributed by atoms with E-state index in [-0.39, 0.29) is 6.42 Å². The molecule has 0 amide bonds. The van der Waals surface area contributed by atoms with Crippen molar-refractivity contribution in [2.45, 2.75) is 32.7 Å². The summed E-state index contributed by atoms with van der Waals surface area (Å²) in [4.78, 5) is 23.0. The van der Waals surface area contributed by atoms with Gasteiger partial charge in [0.25, 0.3) is 0 Å². The number of hydrogen-bond acceptors (Lipinski definition) is 5. The molecule has 0 atom stereocenters. The van der Waals surface area contributed by atoms with Gasteiger partial charge in [-0.25, -0.2) is 9.97 Å². The van der Waals surface area contributed by atoms with Crippen molar-refractivity contribution in [3.05, 3.63) is 12.4 Å². The van der Waals surface area contributed by atoms with E-state index in [4.69, 9.17) is 5.11 Å². The number of carboxylic acid groups (broad SMARTS) is 1. The molecular formula is C13H22N4O2. The Labute approximate surface area is 114 Å². The molecule has 0 aromatic carbocycles. The van der Waals surface area contributed by atoms with E-state index < -0.39 is 5.97 Å². The van der Waals surface area contributed by atoms with Gasteiger partial charge < -0.3 is 14.9 Å². The molecule has 1 heterocycles. The number of rotatable bonds is 7. The summed E-state index contributed by atoms with van der Waals surface area (Å²) in [6.07, 6.45) is 2.32. The Morgan fingerprint density at radius 1 is 1.32 bits per heavy atom. The fraction of sp³-hybridized carbons (Fsp3) is 0.615. The molecular weight excluding hydrogens is 244 g/mol. The first-order chi connectivity index (χ1) is 8.91. The van der Waals surface area contributed by atoms with E-state index in [1.54, 1.807) is 0 Å². The van der Waals surface area contributed by atoms with Crippen molar-refractivity contribution in [2.75, 3.05) is 30.4 Å². The number of carbonyl (C=O) groups is 1. The number of nitrogens with zero attached hydrogens (tertiary/aromatic N) is 4. The lowest BCUT2D eigenvalue weighted by molar-refractivity contribution is -0.137. The van der Waals surface area contributed by atoms with Gasteiger partial charge in [0.05, 0.1) is 0 Å². The molecule has 0 aliphatic carbocycles. The highest BCUT2D eigenvalue weighted by atomic mass is 16.4. The van der Waals surface area contributed by atoms with Crippen molar-refractivity contribution in [1.29, 1.82) is 0 Å². The average Bonchev–Trinajstić information content (AvgIpc) is 2.37. The number of carboxylic acids is 1. The molecule has 0 saturated heterocycles. The third kappa shape index (κ3) is 4.73. The molecule has 1 aromatic heterocycles. The molecule has 0 aliphatic heterocycles. The lowest BCUT2D eigenvalue weighted by atomic mass is 10.3. The summed E-state index contributed by atoms with van der Waals surface area (Å²) < 4.78 is 0. The van der Waals surface area contributed by atoms with E-state index in [9.17, 15) is 4.79 Å². The minimum absolute atomic E-state index is 0.175. The van der Waals surface area contributed by atoms with Crippen LogP contribution in [0.4, 0.5) is 11.6 Å². The second-order valence-corrected chi connectivity index (χ2v) is 4.86. The zero-order valence-corrected chi connectivity index (χ0v) is 12.0. The van der Waals surface area contributed by atoms with Crippen LogP contribution in [0, 0.1) is 0 Å². The van der Waals surface area contributed by atoms with E-state index in [0.29, 0.717) is 19.0 Å². The van der Waals surface area contributed by atoms with Crippen LogP contribution >= 0.6 is 0 Å². The molecule has 0 aliphatic rings. The van der Waals surface area contributed by atoms with E-state index in [2.05, 4.69) is 28.7 Å². The van der Waals surface area contributed by atoms with Crippen LogP contribution < -0.4 is 9.80 Å². The zero-order chi connectivity index (χ0) is 14.4. The maximum atomic E-state index is 10.5. The molecule has 0 saturated carbocycles.